The van der Waals surface area contributed by atoms with Gasteiger partial charge in [-0.3, -0.25) is 0 Å². The second-order valence-electron chi connectivity index (χ2n) is 3.43. The highest BCUT2D eigenvalue weighted by Crippen LogP contribution is 2.23. The molecule has 16 heavy (non-hydrogen) atoms. The maximum atomic E-state index is 5.58. The monoisotopic (exact) mass is 232 g/mol. The van der Waals surface area contributed by atoms with Crippen LogP contribution in [0.2, 0.25) is 0 Å². The number of ether oxygens (including phenoxy) is 1. The molecule has 2 aromatic carbocycles. The predicted octanol–water partition coefficient (Wildman–Crippen LogP) is 3.97. The molecule has 0 aliphatic heterocycles. The van der Waals surface area contributed by atoms with Crippen molar-refractivity contribution >= 4 is 11.6 Å². The first-order valence-electron chi connectivity index (χ1n) is 5.24. The Balaban J connectivity index is 2.22. The fourth-order valence-corrected chi connectivity index (χ4v) is 1.63. The lowest BCUT2D eigenvalue weighted by Crippen LogP contribution is -1.97. The average Bonchev–Trinajstić information content (AvgIpc) is 2.38. The normalized spacial score (nSPS) is 10.1. The van der Waals surface area contributed by atoms with Crippen LogP contribution in [0.15, 0.2) is 54.6 Å². The van der Waals surface area contributed by atoms with E-state index in [4.69, 9.17) is 16.3 Å². The Kier molecular flexibility index (Phi) is 3.84. The molecule has 0 radical (unpaired) electrons. The fraction of sp³-hybridized carbons (Fsp3) is 0.143. The Morgan fingerprint density at radius 1 is 0.875 bits per heavy atom. The molecule has 0 unspecified atom stereocenters. The van der Waals surface area contributed by atoms with Crippen LogP contribution in [0.4, 0.5) is 0 Å². The maximum Gasteiger partial charge on any atom is 0.119 e. The van der Waals surface area contributed by atoms with Crippen LogP contribution < -0.4 is 4.74 Å². The minimum Gasteiger partial charge on any atom is -0.492 e. The van der Waals surface area contributed by atoms with Gasteiger partial charge in [-0.05, 0) is 23.3 Å². The van der Waals surface area contributed by atoms with Gasteiger partial charge in [-0.2, -0.15) is 0 Å². The number of halogens is 1. The van der Waals surface area contributed by atoms with Crippen molar-refractivity contribution in [3.8, 4) is 16.9 Å². The van der Waals surface area contributed by atoms with Crippen molar-refractivity contribution in [2.75, 3.05) is 12.5 Å². The zero-order chi connectivity index (χ0) is 11.2. The van der Waals surface area contributed by atoms with Gasteiger partial charge in [-0.15, -0.1) is 11.6 Å². The Bertz CT molecular complexity index is 439. The number of alkyl halides is 1. The topological polar surface area (TPSA) is 9.23 Å². The molecule has 0 bridgehead atoms. The van der Waals surface area contributed by atoms with Crippen molar-refractivity contribution in [1.29, 1.82) is 0 Å². The molecule has 1 nitrogen and oxygen atoms in total. The van der Waals surface area contributed by atoms with E-state index in [-0.39, 0.29) is 0 Å². The highest BCUT2D eigenvalue weighted by Gasteiger charge is 1.98. The third kappa shape index (κ3) is 2.77. The zero-order valence-electron chi connectivity index (χ0n) is 8.90. The van der Waals surface area contributed by atoms with Crippen LogP contribution in [-0.2, 0) is 0 Å². The number of rotatable bonds is 4. The van der Waals surface area contributed by atoms with Crippen LogP contribution in [0.1, 0.15) is 0 Å². The first kappa shape index (κ1) is 11.0. The van der Waals surface area contributed by atoms with E-state index in [9.17, 15) is 0 Å². The van der Waals surface area contributed by atoms with E-state index in [1.54, 1.807) is 0 Å². The molecule has 0 fully saturated rings. The summed E-state index contributed by atoms with van der Waals surface area (Å²) in [6, 6.07) is 18.3. The summed E-state index contributed by atoms with van der Waals surface area (Å²) in [4.78, 5) is 0. The van der Waals surface area contributed by atoms with Crippen LogP contribution in [0.3, 0.4) is 0 Å². The minimum absolute atomic E-state index is 0.509. The lowest BCUT2D eigenvalue weighted by atomic mass is 10.1. The molecule has 0 spiro atoms. The van der Waals surface area contributed by atoms with Crippen LogP contribution in [0, 0.1) is 0 Å². The van der Waals surface area contributed by atoms with Gasteiger partial charge in [0.1, 0.15) is 12.4 Å². The van der Waals surface area contributed by atoms with Crippen LogP contribution in [-0.4, -0.2) is 12.5 Å². The standard InChI is InChI=1S/C14H13ClO/c15-9-10-16-14-8-4-7-13(11-14)12-5-2-1-3-6-12/h1-8,11H,9-10H2. The molecule has 82 valence electrons. The summed E-state index contributed by atoms with van der Waals surface area (Å²) in [5.74, 6) is 1.37. The van der Waals surface area contributed by atoms with Gasteiger partial charge < -0.3 is 4.74 Å². The van der Waals surface area contributed by atoms with Crippen molar-refractivity contribution < 1.29 is 4.74 Å². The molecule has 0 aromatic heterocycles. The fourth-order valence-electron chi connectivity index (χ4n) is 1.55. The minimum atomic E-state index is 0.509. The molecular formula is C14H13ClO. The SMILES string of the molecule is ClCCOc1cccc(-c2ccccc2)c1. The van der Waals surface area contributed by atoms with Gasteiger partial charge in [-0.1, -0.05) is 42.5 Å². The van der Waals surface area contributed by atoms with E-state index < -0.39 is 0 Å². The largest absolute Gasteiger partial charge is 0.492 e. The van der Waals surface area contributed by atoms with Gasteiger partial charge in [0.05, 0.1) is 5.88 Å². The van der Waals surface area contributed by atoms with E-state index in [1.165, 1.54) is 5.56 Å². The molecule has 0 atom stereocenters. The Morgan fingerprint density at radius 2 is 1.62 bits per heavy atom. The summed E-state index contributed by atoms with van der Waals surface area (Å²) in [6.45, 7) is 0.541. The van der Waals surface area contributed by atoms with Gasteiger partial charge in [0, 0.05) is 0 Å². The molecule has 0 heterocycles. The van der Waals surface area contributed by atoms with Gasteiger partial charge in [-0.25, -0.2) is 0 Å². The first-order chi connectivity index (χ1) is 7.90. The van der Waals surface area contributed by atoms with E-state index in [0.717, 1.165) is 11.3 Å². The van der Waals surface area contributed by atoms with Crippen LogP contribution in [0.5, 0.6) is 5.75 Å². The van der Waals surface area contributed by atoms with Crippen LogP contribution in [0.25, 0.3) is 11.1 Å². The predicted molar refractivity (Wildman–Crippen MR) is 68.1 cm³/mol. The van der Waals surface area contributed by atoms with Gasteiger partial charge >= 0.3 is 0 Å². The third-order valence-electron chi connectivity index (χ3n) is 2.29. The summed E-state index contributed by atoms with van der Waals surface area (Å²) in [5, 5.41) is 0. The maximum absolute atomic E-state index is 5.58. The summed E-state index contributed by atoms with van der Waals surface area (Å²) in [5.41, 5.74) is 2.35. The van der Waals surface area contributed by atoms with Crippen molar-refractivity contribution in [2.45, 2.75) is 0 Å². The van der Waals surface area contributed by atoms with E-state index in [0.29, 0.717) is 12.5 Å². The van der Waals surface area contributed by atoms with Gasteiger partial charge in [0.25, 0.3) is 0 Å². The zero-order valence-corrected chi connectivity index (χ0v) is 9.65. The molecule has 2 heteroatoms. The van der Waals surface area contributed by atoms with Crippen molar-refractivity contribution in [1.82, 2.24) is 0 Å². The number of hydrogen-bond acceptors (Lipinski definition) is 1. The summed E-state index contributed by atoms with van der Waals surface area (Å²) >= 11 is 5.58. The molecule has 0 saturated heterocycles. The molecular weight excluding hydrogens is 220 g/mol. The lowest BCUT2D eigenvalue weighted by molar-refractivity contribution is 0.343. The van der Waals surface area contributed by atoms with Gasteiger partial charge in [0.15, 0.2) is 0 Å². The second-order valence-corrected chi connectivity index (χ2v) is 3.81. The molecule has 0 aliphatic rings. The highest BCUT2D eigenvalue weighted by molar-refractivity contribution is 6.18. The van der Waals surface area contributed by atoms with Crippen molar-refractivity contribution in [2.24, 2.45) is 0 Å². The second kappa shape index (κ2) is 5.57. The van der Waals surface area contributed by atoms with Crippen molar-refractivity contribution in [3.05, 3.63) is 54.6 Å². The van der Waals surface area contributed by atoms with Crippen molar-refractivity contribution in [3.63, 3.8) is 0 Å². The molecule has 2 rings (SSSR count). The van der Waals surface area contributed by atoms with E-state index in [2.05, 4.69) is 18.2 Å². The van der Waals surface area contributed by atoms with E-state index in [1.807, 2.05) is 36.4 Å². The average molecular weight is 233 g/mol. The van der Waals surface area contributed by atoms with E-state index >= 15 is 0 Å². The lowest BCUT2D eigenvalue weighted by Gasteiger charge is -2.06. The summed E-state index contributed by atoms with van der Waals surface area (Å²) in [7, 11) is 0. The van der Waals surface area contributed by atoms with Crippen LogP contribution >= 0.6 is 11.6 Å². The first-order valence-corrected chi connectivity index (χ1v) is 5.78. The Hall–Kier alpha value is -1.47. The molecule has 0 saturated carbocycles. The summed E-state index contributed by atoms with van der Waals surface area (Å²) < 4.78 is 5.49. The third-order valence-corrected chi connectivity index (χ3v) is 2.44. The molecule has 0 N–H and O–H groups in total. The quantitative estimate of drug-likeness (QED) is 0.725. The molecule has 0 amide bonds. The number of benzene rings is 2. The number of hydrogen-bond donors (Lipinski definition) is 0. The highest BCUT2D eigenvalue weighted by atomic mass is 35.5. The Labute approximate surface area is 101 Å². The smallest absolute Gasteiger partial charge is 0.119 e. The molecule has 2 aromatic rings. The molecule has 0 aliphatic carbocycles. The summed E-state index contributed by atoms with van der Waals surface area (Å²) in [6.07, 6.45) is 0. The Morgan fingerprint density at radius 3 is 2.38 bits per heavy atom. The van der Waals surface area contributed by atoms with Gasteiger partial charge in [0.2, 0.25) is 0 Å².